The Bertz CT molecular complexity index is 820. The minimum Gasteiger partial charge on any atom is -0.484 e. The number of ether oxygens (including phenoxy) is 1. The Balaban J connectivity index is 1.50. The van der Waals surface area contributed by atoms with Gasteiger partial charge < -0.3 is 15.0 Å². The van der Waals surface area contributed by atoms with Gasteiger partial charge in [0.15, 0.2) is 6.61 Å². The van der Waals surface area contributed by atoms with E-state index in [1.807, 2.05) is 4.90 Å². The van der Waals surface area contributed by atoms with Gasteiger partial charge in [0.2, 0.25) is 11.8 Å². The summed E-state index contributed by atoms with van der Waals surface area (Å²) in [5.74, 6) is -0.691. The number of nitro benzene ring substituents is 1. The lowest BCUT2D eigenvalue weighted by Crippen LogP contribution is -2.49. The second-order valence-corrected chi connectivity index (χ2v) is 6.06. The lowest BCUT2D eigenvalue weighted by atomic mass is 10.1. The minimum absolute atomic E-state index is 0.0520. The summed E-state index contributed by atoms with van der Waals surface area (Å²) in [7, 11) is 0. The van der Waals surface area contributed by atoms with Gasteiger partial charge in [-0.15, -0.1) is 0 Å². The maximum Gasteiger partial charge on any atom is 0.305 e. The fourth-order valence-corrected chi connectivity index (χ4v) is 2.87. The maximum absolute atomic E-state index is 13.6. The van der Waals surface area contributed by atoms with E-state index in [1.165, 1.54) is 6.07 Å². The summed E-state index contributed by atoms with van der Waals surface area (Å²) in [4.78, 5) is 32.3. The smallest absolute Gasteiger partial charge is 0.305 e. The third-order valence-electron chi connectivity index (χ3n) is 4.11. The molecule has 2 heterocycles. The van der Waals surface area contributed by atoms with Gasteiger partial charge in [-0.3, -0.25) is 14.9 Å². The molecule has 0 aliphatic carbocycles. The molecule has 1 amide bonds. The van der Waals surface area contributed by atoms with E-state index < -0.39 is 16.4 Å². The largest absolute Gasteiger partial charge is 0.484 e. The normalized spacial score (nSPS) is 16.6. The van der Waals surface area contributed by atoms with Crippen LogP contribution in [-0.4, -0.2) is 46.5 Å². The summed E-state index contributed by atoms with van der Waals surface area (Å²) in [5.41, 5.74) is -0.641. The van der Waals surface area contributed by atoms with Crippen molar-refractivity contribution >= 4 is 17.5 Å². The van der Waals surface area contributed by atoms with Crippen LogP contribution in [0.15, 0.2) is 36.7 Å². The van der Waals surface area contributed by atoms with Crippen molar-refractivity contribution in [3.05, 3.63) is 52.6 Å². The summed E-state index contributed by atoms with van der Waals surface area (Å²) in [6, 6.07) is 4.81. The molecule has 1 atom stereocenters. The van der Waals surface area contributed by atoms with Crippen LogP contribution in [0.4, 0.5) is 16.0 Å². The highest BCUT2D eigenvalue weighted by Crippen LogP contribution is 2.22. The summed E-state index contributed by atoms with van der Waals surface area (Å²) in [6.07, 6.45) is 5.04. The van der Waals surface area contributed by atoms with E-state index in [1.54, 1.807) is 18.5 Å². The quantitative estimate of drug-likeness (QED) is 0.604. The molecule has 0 spiro atoms. The monoisotopic (exact) mass is 375 g/mol. The van der Waals surface area contributed by atoms with E-state index in [-0.39, 0.29) is 24.3 Å². The molecule has 0 bridgehead atoms. The van der Waals surface area contributed by atoms with E-state index in [2.05, 4.69) is 15.3 Å². The van der Waals surface area contributed by atoms with E-state index in [9.17, 15) is 19.3 Å². The van der Waals surface area contributed by atoms with Crippen LogP contribution in [0.1, 0.15) is 12.8 Å². The van der Waals surface area contributed by atoms with Crippen LogP contribution in [0.25, 0.3) is 0 Å². The molecule has 1 unspecified atom stereocenters. The Labute approximate surface area is 154 Å². The third kappa shape index (κ3) is 4.87. The van der Waals surface area contributed by atoms with Gasteiger partial charge in [-0.1, -0.05) is 0 Å². The first-order valence-corrected chi connectivity index (χ1v) is 8.41. The van der Waals surface area contributed by atoms with Crippen molar-refractivity contribution in [3.63, 3.8) is 0 Å². The molecular formula is C17H18FN5O4. The van der Waals surface area contributed by atoms with Crippen molar-refractivity contribution in [2.24, 2.45) is 0 Å². The van der Waals surface area contributed by atoms with Crippen LogP contribution in [0.2, 0.25) is 0 Å². The van der Waals surface area contributed by atoms with Crippen LogP contribution < -0.4 is 15.0 Å². The number of halogens is 1. The highest BCUT2D eigenvalue weighted by Gasteiger charge is 2.23. The molecule has 0 saturated carbocycles. The van der Waals surface area contributed by atoms with Gasteiger partial charge in [0.1, 0.15) is 5.75 Å². The number of nitrogens with one attached hydrogen (secondary N) is 1. The molecular weight excluding hydrogens is 357 g/mol. The SMILES string of the molecule is O=C(COc1ccc([N+](=O)[O-])c(F)c1)NC1CCCN(c2ncccn2)C1. The zero-order valence-corrected chi connectivity index (χ0v) is 14.4. The van der Waals surface area contributed by atoms with Crippen molar-refractivity contribution in [1.29, 1.82) is 0 Å². The van der Waals surface area contributed by atoms with Crippen molar-refractivity contribution in [2.75, 3.05) is 24.6 Å². The number of rotatable bonds is 6. The first-order chi connectivity index (χ1) is 13.0. The number of benzene rings is 1. The summed E-state index contributed by atoms with van der Waals surface area (Å²) in [5, 5.41) is 13.5. The maximum atomic E-state index is 13.6. The third-order valence-corrected chi connectivity index (χ3v) is 4.11. The predicted octanol–water partition coefficient (Wildman–Crippen LogP) is 1.69. The van der Waals surface area contributed by atoms with Crippen LogP contribution in [0.5, 0.6) is 5.75 Å². The van der Waals surface area contributed by atoms with Gasteiger partial charge in [-0.05, 0) is 25.0 Å². The first-order valence-electron chi connectivity index (χ1n) is 8.41. The van der Waals surface area contributed by atoms with Gasteiger partial charge in [-0.2, -0.15) is 4.39 Å². The van der Waals surface area contributed by atoms with Crippen LogP contribution in [0.3, 0.4) is 0 Å². The topological polar surface area (TPSA) is 110 Å². The predicted molar refractivity (Wildman–Crippen MR) is 94.0 cm³/mol. The zero-order valence-electron chi connectivity index (χ0n) is 14.4. The van der Waals surface area contributed by atoms with E-state index in [0.29, 0.717) is 12.5 Å². The van der Waals surface area contributed by atoms with Gasteiger partial charge in [0, 0.05) is 43.7 Å². The average molecular weight is 375 g/mol. The first kappa shape index (κ1) is 18.5. The summed E-state index contributed by atoms with van der Waals surface area (Å²) >= 11 is 0. The molecule has 1 fully saturated rings. The molecule has 2 aromatic rings. The fourth-order valence-electron chi connectivity index (χ4n) is 2.87. The second-order valence-electron chi connectivity index (χ2n) is 6.06. The standard InChI is InChI=1S/C17H18FN5O4/c18-14-9-13(4-5-15(14)23(25)26)27-11-16(24)21-12-3-1-8-22(10-12)17-19-6-2-7-20-17/h2,4-7,9,12H,1,3,8,10-11H2,(H,21,24). The number of hydrogen-bond acceptors (Lipinski definition) is 7. The Morgan fingerprint density at radius 3 is 2.89 bits per heavy atom. The number of aromatic nitrogens is 2. The molecule has 1 aliphatic rings. The molecule has 3 rings (SSSR count). The van der Waals surface area contributed by atoms with E-state index >= 15 is 0 Å². The Hall–Kier alpha value is -3.30. The Morgan fingerprint density at radius 1 is 1.41 bits per heavy atom. The van der Waals surface area contributed by atoms with E-state index in [0.717, 1.165) is 31.5 Å². The molecule has 1 aromatic heterocycles. The molecule has 1 aromatic carbocycles. The fraction of sp³-hybridized carbons (Fsp3) is 0.353. The molecule has 142 valence electrons. The van der Waals surface area contributed by atoms with Gasteiger partial charge in [-0.25, -0.2) is 9.97 Å². The van der Waals surface area contributed by atoms with E-state index in [4.69, 9.17) is 4.74 Å². The lowest BCUT2D eigenvalue weighted by Gasteiger charge is -2.33. The molecule has 27 heavy (non-hydrogen) atoms. The number of piperidine rings is 1. The molecule has 9 nitrogen and oxygen atoms in total. The van der Waals surface area contributed by atoms with Crippen molar-refractivity contribution in [1.82, 2.24) is 15.3 Å². The molecule has 0 radical (unpaired) electrons. The lowest BCUT2D eigenvalue weighted by molar-refractivity contribution is -0.387. The number of carbonyl (C=O) groups excluding carboxylic acids is 1. The highest BCUT2D eigenvalue weighted by atomic mass is 19.1. The molecule has 1 aliphatic heterocycles. The number of anilines is 1. The zero-order chi connectivity index (χ0) is 19.2. The van der Waals surface area contributed by atoms with Crippen molar-refractivity contribution in [3.8, 4) is 5.75 Å². The van der Waals surface area contributed by atoms with Gasteiger partial charge in [0.05, 0.1) is 4.92 Å². The van der Waals surface area contributed by atoms with Crippen LogP contribution in [0, 0.1) is 15.9 Å². The molecule has 1 saturated heterocycles. The van der Waals surface area contributed by atoms with Gasteiger partial charge >= 0.3 is 5.69 Å². The number of hydrogen-bond donors (Lipinski definition) is 1. The van der Waals surface area contributed by atoms with Gasteiger partial charge in [0.25, 0.3) is 5.91 Å². The van der Waals surface area contributed by atoms with Crippen LogP contribution >= 0.6 is 0 Å². The Kier molecular flexibility index (Phi) is 5.74. The molecule has 10 heteroatoms. The number of carbonyl (C=O) groups is 1. The average Bonchev–Trinajstić information content (AvgIpc) is 2.67. The number of nitro groups is 1. The number of amides is 1. The minimum atomic E-state index is -1.01. The number of nitrogens with zero attached hydrogens (tertiary/aromatic N) is 4. The summed E-state index contributed by atoms with van der Waals surface area (Å²) in [6.45, 7) is 1.09. The van der Waals surface area contributed by atoms with Crippen molar-refractivity contribution in [2.45, 2.75) is 18.9 Å². The van der Waals surface area contributed by atoms with Crippen molar-refractivity contribution < 1.29 is 18.8 Å². The Morgan fingerprint density at radius 2 is 2.19 bits per heavy atom. The highest BCUT2D eigenvalue weighted by molar-refractivity contribution is 5.78. The van der Waals surface area contributed by atoms with Crippen LogP contribution in [-0.2, 0) is 4.79 Å². The summed E-state index contributed by atoms with van der Waals surface area (Å²) < 4.78 is 18.8. The second kappa shape index (κ2) is 8.39. The molecule has 1 N–H and O–H groups in total.